The van der Waals surface area contributed by atoms with E-state index in [4.69, 9.17) is 23.4 Å². The molecule has 2 heterocycles. The Morgan fingerprint density at radius 2 is 1.63 bits per heavy atom. The molecule has 2 fully saturated rings. The van der Waals surface area contributed by atoms with E-state index in [0.717, 1.165) is 0 Å². The molecule has 0 N–H and O–H groups in total. The Morgan fingerprint density at radius 1 is 0.947 bits per heavy atom. The minimum atomic E-state index is -1.45. The monoisotopic (exact) mass is 522 g/mol. The van der Waals surface area contributed by atoms with Gasteiger partial charge in [-0.1, -0.05) is 18.2 Å². The molecule has 2 aromatic rings. The van der Waals surface area contributed by atoms with Gasteiger partial charge in [-0.2, -0.15) is 0 Å². The van der Waals surface area contributed by atoms with Crippen LogP contribution in [0.4, 0.5) is 0 Å². The van der Waals surface area contributed by atoms with Crippen molar-refractivity contribution in [2.24, 2.45) is 11.3 Å². The van der Waals surface area contributed by atoms with Crippen LogP contribution in [0.15, 0.2) is 65.0 Å². The van der Waals surface area contributed by atoms with Gasteiger partial charge in [-0.3, -0.25) is 9.59 Å². The molecule has 0 unspecified atom stereocenters. The molecule has 38 heavy (non-hydrogen) atoms. The molecule has 1 aromatic carbocycles. The van der Waals surface area contributed by atoms with Crippen molar-refractivity contribution in [3.8, 4) is 0 Å². The molecule has 0 amide bonds. The summed E-state index contributed by atoms with van der Waals surface area (Å²) < 4.78 is 29.6. The van der Waals surface area contributed by atoms with E-state index in [9.17, 15) is 19.2 Å². The van der Waals surface area contributed by atoms with Crippen LogP contribution in [-0.4, -0.2) is 53.2 Å². The number of ether oxygens (including phenoxy) is 4. The molecule has 3 aliphatic rings. The van der Waals surface area contributed by atoms with E-state index in [1.165, 1.54) is 31.6 Å². The Bertz CT molecular complexity index is 1310. The van der Waals surface area contributed by atoms with Gasteiger partial charge in [-0.25, -0.2) is 9.59 Å². The molecule has 200 valence electrons. The minimum absolute atomic E-state index is 0.123. The highest BCUT2D eigenvalue weighted by atomic mass is 16.6. The van der Waals surface area contributed by atoms with Gasteiger partial charge in [0.2, 0.25) is 0 Å². The topological polar surface area (TPSA) is 118 Å². The van der Waals surface area contributed by atoms with E-state index in [2.05, 4.69) is 0 Å². The number of esters is 3. The highest BCUT2D eigenvalue weighted by molar-refractivity contribution is 6.00. The first-order valence-corrected chi connectivity index (χ1v) is 12.5. The molecule has 9 nitrogen and oxygen atoms in total. The molecule has 1 saturated carbocycles. The van der Waals surface area contributed by atoms with Crippen LogP contribution < -0.4 is 0 Å². The predicted molar refractivity (Wildman–Crippen MR) is 132 cm³/mol. The molecule has 9 heteroatoms. The number of ketones is 1. The van der Waals surface area contributed by atoms with Gasteiger partial charge in [0, 0.05) is 12.8 Å². The van der Waals surface area contributed by atoms with Crippen molar-refractivity contribution in [3.05, 3.63) is 71.7 Å². The molecular formula is C29H30O9. The lowest BCUT2D eigenvalue weighted by molar-refractivity contribution is -0.221. The molecule has 5 rings (SSSR count). The van der Waals surface area contributed by atoms with Gasteiger partial charge in [-0.15, -0.1) is 0 Å². The first kappa shape index (κ1) is 25.9. The standard InChI is InChI=1S/C29H30O9/c1-16-13-21(31)23(36-26(33)19-11-12-34-15-19)28(5)24(37-25(32)18-9-7-6-8-10-18)22(35-17(2)30)20-14-29(16,28)38-27(20,3)4/h6-13,15,20,22-24H,14H2,1-5H3/t20-,22-,23+,24+,28-,29-/m0/s1. The van der Waals surface area contributed by atoms with Crippen LogP contribution in [0.2, 0.25) is 0 Å². The molecule has 2 bridgehead atoms. The molecule has 1 aliphatic heterocycles. The lowest BCUT2D eigenvalue weighted by atomic mass is 9.52. The highest BCUT2D eigenvalue weighted by Crippen LogP contribution is 2.65. The minimum Gasteiger partial charge on any atom is -0.472 e. The second kappa shape index (κ2) is 8.94. The molecule has 1 aromatic heterocycles. The molecular weight excluding hydrogens is 492 g/mol. The second-order valence-electron chi connectivity index (χ2n) is 10.9. The molecule has 1 spiro atoms. The predicted octanol–water partition coefficient (Wildman–Crippen LogP) is 4.07. The van der Waals surface area contributed by atoms with Crippen LogP contribution in [0.5, 0.6) is 0 Å². The Hall–Kier alpha value is -3.72. The zero-order valence-electron chi connectivity index (χ0n) is 21.9. The van der Waals surface area contributed by atoms with Crippen molar-refractivity contribution >= 4 is 23.7 Å². The fourth-order valence-corrected chi connectivity index (χ4v) is 6.49. The smallest absolute Gasteiger partial charge is 0.342 e. The summed E-state index contributed by atoms with van der Waals surface area (Å²) in [7, 11) is 0. The Morgan fingerprint density at radius 3 is 2.26 bits per heavy atom. The molecule has 6 atom stereocenters. The van der Waals surface area contributed by atoms with Gasteiger partial charge < -0.3 is 23.4 Å². The molecule has 1 saturated heterocycles. The van der Waals surface area contributed by atoms with Crippen molar-refractivity contribution in [2.45, 2.75) is 70.6 Å². The number of carbonyl (C=O) groups excluding carboxylic acids is 4. The van der Waals surface area contributed by atoms with Crippen LogP contribution in [0.3, 0.4) is 0 Å². The van der Waals surface area contributed by atoms with Gasteiger partial charge in [0.1, 0.15) is 18.0 Å². The normalized spacial score (nSPS) is 33.1. The van der Waals surface area contributed by atoms with Crippen LogP contribution >= 0.6 is 0 Å². The van der Waals surface area contributed by atoms with Gasteiger partial charge in [0.25, 0.3) is 0 Å². The van der Waals surface area contributed by atoms with Crippen LogP contribution in [0, 0.1) is 11.3 Å². The summed E-state index contributed by atoms with van der Waals surface area (Å²) in [6.07, 6.45) is 0.768. The van der Waals surface area contributed by atoms with Crippen LogP contribution in [0.25, 0.3) is 0 Å². The Labute approximate surface area is 220 Å². The first-order valence-electron chi connectivity index (χ1n) is 12.5. The number of carbonyl (C=O) groups is 4. The summed E-state index contributed by atoms with van der Waals surface area (Å²) in [4.78, 5) is 52.4. The van der Waals surface area contributed by atoms with Crippen molar-refractivity contribution in [3.63, 3.8) is 0 Å². The van der Waals surface area contributed by atoms with E-state index in [0.29, 0.717) is 12.0 Å². The number of fused-ring (bicyclic) bond motifs is 1. The van der Waals surface area contributed by atoms with E-state index < -0.39 is 58.6 Å². The zero-order valence-corrected chi connectivity index (χ0v) is 21.9. The fourth-order valence-electron chi connectivity index (χ4n) is 6.49. The summed E-state index contributed by atoms with van der Waals surface area (Å²) in [5, 5.41) is 0. The average Bonchev–Trinajstić information content (AvgIpc) is 3.49. The van der Waals surface area contributed by atoms with Crippen LogP contribution in [-0.2, 0) is 28.5 Å². The Kier molecular flexibility index (Phi) is 6.10. The quantitative estimate of drug-likeness (QED) is 0.423. The van der Waals surface area contributed by atoms with Crippen molar-refractivity contribution in [2.75, 3.05) is 0 Å². The summed E-state index contributed by atoms with van der Waals surface area (Å²) in [6.45, 7) is 8.51. The third-order valence-electron chi connectivity index (χ3n) is 8.32. The maximum Gasteiger partial charge on any atom is 0.342 e. The summed E-state index contributed by atoms with van der Waals surface area (Å²) in [5.41, 5.74) is -2.39. The summed E-state index contributed by atoms with van der Waals surface area (Å²) in [6, 6.07) is 9.81. The van der Waals surface area contributed by atoms with Crippen LogP contribution in [0.1, 0.15) is 61.8 Å². The lowest BCUT2D eigenvalue weighted by Gasteiger charge is -2.57. The lowest BCUT2D eigenvalue weighted by Crippen LogP contribution is -2.71. The maximum atomic E-state index is 13.6. The fraction of sp³-hybridized carbons (Fsp3) is 0.448. The van der Waals surface area contributed by atoms with Crippen molar-refractivity contribution in [1.82, 2.24) is 0 Å². The van der Waals surface area contributed by atoms with Gasteiger partial charge in [0.05, 0.1) is 28.4 Å². The number of furan rings is 1. The molecule has 2 aliphatic carbocycles. The third kappa shape index (κ3) is 3.79. The van der Waals surface area contributed by atoms with Gasteiger partial charge >= 0.3 is 17.9 Å². The van der Waals surface area contributed by atoms with E-state index >= 15 is 0 Å². The van der Waals surface area contributed by atoms with Gasteiger partial charge in [0.15, 0.2) is 18.0 Å². The molecule has 0 radical (unpaired) electrons. The SMILES string of the molecule is CC(=O)O[C@@H]1[C@@H](OC(=O)c2ccccc2)[C@]2(C)[C@H](OC(=O)c3ccoc3)C(=O)C=C(C)[C@@]23C[C@@H]1C(C)(C)O3. The summed E-state index contributed by atoms with van der Waals surface area (Å²) in [5.74, 6) is -2.88. The number of hydrogen-bond acceptors (Lipinski definition) is 9. The average molecular weight is 523 g/mol. The van der Waals surface area contributed by atoms with Gasteiger partial charge in [-0.05, 0) is 64.0 Å². The second-order valence-corrected chi connectivity index (χ2v) is 10.9. The largest absolute Gasteiger partial charge is 0.472 e. The number of benzene rings is 1. The van der Waals surface area contributed by atoms with Crippen molar-refractivity contribution in [1.29, 1.82) is 0 Å². The number of rotatable bonds is 5. The number of hydrogen-bond donors (Lipinski definition) is 0. The highest BCUT2D eigenvalue weighted by Gasteiger charge is 2.77. The van der Waals surface area contributed by atoms with E-state index in [1.807, 2.05) is 13.8 Å². The zero-order chi connectivity index (χ0) is 27.5. The maximum absolute atomic E-state index is 13.6. The third-order valence-corrected chi connectivity index (χ3v) is 8.32. The van der Waals surface area contributed by atoms with E-state index in [1.54, 1.807) is 44.2 Å². The summed E-state index contributed by atoms with van der Waals surface area (Å²) >= 11 is 0. The van der Waals surface area contributed by atoms with Crippen molar-refractivity contribution < 1.29 is 42.5 Å². The Balaban J connectivity index is 1.68. The first-order chi connectivity index (χ1) is 17.9. The van der Waals surface area contributed by atoms with E-state index in [-0.39, 0.29) is 17.0 Å².